The van der Waals surface area contributed by atoms with E-state index in [1.807, 2.05) is 16.7 Å². The van der Waals surface area contributed by atoms with Crippen LogP contribution >= 0.6 is 0 Å². The van der Waals surface area contributed by atoms with Crippen LogP contribution in [0.2, 0.25) is 0 Å². The van der Waals surface area contributed by atoms with Gasteiger partial charge in [0, 0.05) is 32.4 Å². The van der Waals surface area contributed by atoms with E-state index in [2.05, 4.69) is 37.8 Å². The monoisotopic (exact) mass is 395 g/mol. The number of rotatable bonds is 5. The number of aromatic nitrogens is 4. The van der Waals surface area contributed by atoms with Gasteiger partial charge in [-0.15, -0.1) is 0 Å². The summed E-state index contributed by atoms with van der Waals surface area (Å²) in [4.78, 5) is 33.1. The van der Waals surface area contributed by atoms with Crippen molar-refractivity contribution in [3.63, 3.8) is 0 Å². The van der Waals surface area contributed by atoms with Gasteiger partial charge in [0.2, 0.25) is 5.95 Å². The highest BCUT2D eigenvalue weighted by molar-refractivity contribution is 5.77. The summed E-state index contributed by atoms with van der Waals surface area (Å²) >= 11 is 0. The molecule has 1 aliphatic heterocycles. The van der Waals surface area contributed by atoms with E-state index in [-0.39, 0.29) is 11.2 Å². The Kier molecular flexibility index (Phi) is 5.06. The number of fused-ring (bicyclic) bond motifs is 3. The van der Waals surface area contributed by atoms with Gasteiger partial charge >= 0.3 is 5.69 Å². The van der Waals surface area contributed by atoms with E-state index < -0.39 is 0 Å². The fourth-order valence-electron chi connectivity index (χ4n) is 4.29. The molecule has 3 aromatic rings. The molecule has 1 aromatic carbocycles. The summed E-state index contributed by atoms with van der Waals surface area (Å²) in [5.74, 6) is 1.09. The number of hydrogen-bond donors (Lipinski definition) is 0. The van der Waals surface area contributed by atoms with Crippen molar-refractivity contribution in [2.45, 2.75) is 53.1 Å². The minimum absolute atomic E-state index is 0.225. The van der Waals surface area contributed by atoms with Crippen molar-refractivity contribution >= 4 is 22.8 Å². The highest BCUT2D eigenvalue weighted by Crippen LogP contribution is 2.34. The summed E-state index contributed by atoms with van der Waals surface area (Å²) in [6.07, 6.45) is 2.86. The SMILES string of the molecule is CCCCCn1c(=O)c2c(nc3n2CC(C)CN3c2ccccc2C)n(C)c1=O. The van der Waals surface area contributed by atoms with Crippen LogP contribution in [0, 0.1) is 12.8 Å². The molecular weight excluding hydrogens is 366 g/mol. The topological polar surface area (TPSA) is 65.1 Å². The van der Waals surface area contributed by atoms with E-state index in [9.17, 15) is 9.59 Å². The molecule has 1 aliphatic rings. The normalized spacial score (nSPS) is 16.4. The van der Waals surface area contributed by atoms with E-state index in [0.29, 0.717) is 23.6 Å². The second-order valence-corrected chi connectivity index (χ2v) is 8.20. The summed E-state index contributed by atoms with van der Waals surface area (Å²) in [6, 6.07) is 8.20. The molecule has 29 heavy (non-hydrogen) atoms. The molecule has 0 saturated heterocycles. The maximum atomic E-state index is 13.3. The van der Waals surface area contributed by atoms with Gasteiger partial charge in [0.1, 0.15) is 0 Å². The zero-order chi connectivity index (χ0) is 20.7. The van der Waals surface area contributed by atoms with Crippen molar-refractivity contribution in [2.24, 2.45) is 13.0 Å². The van der Waals surface area contributed by atoms with Crippen molar-refractivity contribution in [1.29, 1.82) is 0 Å². The Morgan fingerprint density at radius 3 is 2.62 bits per heavy atom. The van der Waals surface area contributed by atoms with E-state index >= 15 is 0 Å². The van der Waals surface area contributed by atoms with Crippen LogP contribution in [0.4, 0.5) is 11.6 Å². The second-order valence-electron chi connectivity index (χ2n) is 8.20. The van der Waals surface area contributed by atoms with Crippen LogP contribution in [0.25, 0.3) is 11.2 Å². The smallest absolute Gasteiger partial charge is 0.311 e. The van der Waals surface area contributed by atoms with Gasteiger partial charge in [-0.25, -0.2) is 4.79 Å². The zero-order valence-corrected chi connectivity index (χ0v) is 17.7. The van der Waals surface area contributed by atoms with E-state index in [1.165, 1.54) is 9.13 Å². The molecule has 7 heteroatoms. The van der Waals surface area contributed by atoms with Crippen molar-refractivity contribution < 1.29 is 0 Å². The van der Waals surface area contributed by atoms with Gasteiger partial charge in [-0.2, -0.15) is 4.98 Å². The van der Waals surface area contributed by atoms with Gasteiger partial charge in [0.05, 0.1) is 0 Å². The van der Waals surface area contributed by atoms with Gasteiger partial charge in [-0.05, 0) is 30.9 Å². The molecule has 0 amide bonds. The highest BCUT2D eigenvalue weighted by Gasteiger charge is 2.30. The number of anilines is 2. The first-order valence-electron chi connectivity index (χ1n) is 10.5. The number of aryl methyl sites for hydroxylation is 2. The van der Waals surface area contributed by atoms with Gasteiger partial charge in [0.25, 0.3) is 5.56 Å². The quantitative estimate of drug-likeness (QED) is 0.623. The van der Waals surface area contributed by atoms with E-state index in [0.717, 1.165) is 49.6 Å². The molecule has 154 valence electrons. The van der Waals surface area contributed by atoms with Gasteiger partial charge < -0.3 is 9.47 Å². The molecule has 1 unspecified atom stereocenters. The van der Waals surface area contributed by atoms with Gasteiger partial charge in [-0.1, -0.05) is 44.9 Å². The Balaban J connectivity index is 1.94. The maximum Gasteiger partial charge on any atom is 0.332 e. The van der Waals surface area contributed by atoms with Crippen molar-refractivity contribution in [3.8, 4) is 0 Å². The Morgan fingerprint density at radius 1 is 1.14 bits per heavy atom. The minimum atomic E-state index is -0.287. The summed E-state index contributed by atoms with van der Waals surface area (Å²) in [6.45, 7) is 8.37. The number of unbranched alkanes of at least 4 members (excludes halogenated alkanes) is 2. The van der Waals surface area contributed by atoms with Crippen molar-refractivity contribution in [3.05, 3.63) is 50.7 Å². The molecule has 0 bridgehead atoms. The third-order valence-corrected chi connectivity index (χ3v) is 5.83. The number of benzene rings is 1. The molecule has 3 heterocycles. The lowest BCUT2D eigenvalue weighted by atomic mass is 10.1. The lowest BCUT2D eigenvalue weighted by Gasteiger charge is -2.33. The van der Waals surface area contributed by atoms with Crippen LogP contribution in [-0.4, -0.2) is 25.2 Å². The number of hydrogen-bond acceptors (Lipinski definition) is 4. The third-order valence-electron chi connectivity index (χ3n) is 5.83. The third kappa shape index (κ3) is 3.18. The number of nitrogens with zero attached hydrogens (tertiary/aromatic N) is 5. The van der Waals surface area contributed by atoms with Gasteiger partial charge in [0.15, 0.2) is 11.2 Å². The fraction of sp³-hybridized carbons (Fsp3) is 0.500. The standard InChI is InChI=1S/C22H29N5O2/c1-5-6-9-12-25-20(28)18-19(24(4)22(25)29)23-21-26(13-15(2)14-27(18)21)17-11-8-7-10-16(17)3/h7-8,10-11,15H,5-6,9,12-14H2,1-4H3. The molecule has 0 radical (unpaired) electrons. The Labute approximate surface area is 170 Å². The molecule has 0 saturated carbocycles. The molecule has 0 aliphatic carbocycles. The number of para-hydroxylation sites is 1. The maximum absolute atomic E-state index is 13.3. The predicted molar refractivity (Wildman–Crippen MR) is 116 cm³/mol. The molecule has 1 atom stereocenters. The molecule has 0 spiro atoms. The number of imidazole rings is 1. The second kappa shape index (κ2) is 7.54. The predicted octanol–water partition coefficient (Wildman–Crippen LogP) is 3.18. The Bertz CT molecular complexity index is 1170. The largest absolute Gasteiger partial charge is 0.332 e. The summed E-state index contributed by atoms with van der Waals surface area (Å²) < 4.78 is 4.91. The van der Waals surface area contributed by atoms with E-state index in [4.69, 9.17) is 4.98 Å². The van der Waals surface area contributed by atoms with E-state index in [1.54, 1.807) is 7.05 Å². The zero-order valence-electron chi connectivity index (χ0n) is 17.7. The van der Waals surface area contributed by atoms with Crippen LogP contribution in [0.1, 0.15) is 38.7 Å². The van der Waals surface area contributed by atoms with Crippen molar-refractivity contribution in [2.75, 3.05) is 11.4 Å². The van der Waals surface area contributed by atoms with Crippen LogP contribution in [-0.2, 0) is 20.1 Å². The van der Waals surface area contributed by atoms with Crippen LogP contribution in [0.15, 0.2) is 33.9 Å². The van der Waals surface area contributed by atoms with Crippen molar-refractivity contribution in [1.82, 2.24) is 18.7 Å². The molecule has 0 N–H and O–H groups in total. The average Bonchev–Trinajstić information content (AvgIpc) is 3.08. The summed E-state index contributed by atoms with van der Waals surface area (Å²) in [5, 5.41) is 0. The lowest BCUT2D eigenvalue weighted by molar-refractivity contribution is 0.457. The first-order chi connectivity index (χ1) is 13.9. The van der Waals surface area contributed by atoms with Gasteiger partial charge in [-0.3, -0.25) is 13.9 Å². The molecule has 7 nitrogen and oxygen atoms in total. The first-order valence-corrected chi connectivity index (χ1v) is 10.5. The fourth-order valence-corrected chi connectivity index (χ4v) is 4.29. The van der Waals surface area contributed by atoms with Crippen LogP contribution < -0.4 is 16.1 Å². The molecular formula is C22H29N5O2. The Hall–Kier alpha value is -2.83. The Morgan fingerprint density at radius 2 is 1.90 bits per heavy atom. The summed E-state index contributed by atoms with van der Waals surface area (Å²) in [7, 11) is 1.71. The first kappa shape index (κ1) is 19.5. The minimum Gasteiger partial charge on any atom is -0.311 e. The average molecular weight is 396 g/mol. The molecule has 2 aromatic heterocycles. The molecule has 0 fully saturated rings. The van der Waals surface area contributed by atoms with Crippen LogP contribution in [0.5, 0.6) is 0 Å². The summed E-state index contributed by atoms with van der Waals surface area (Å²) in [5.41, 5.74) is 2.73. The highest BCUT2D eigenvalue weighted by atomic mass is 16.2. The lowest BCUT2D eigenvalue weighted by Crippen LogP contribution is -2.40. The van der Waals surface area contributed by atoms with Crippen LogP contribution in [0.3, 0.4) is 0 Å². The molecule has 4 rings (SSSR count).